The molecule has 20 heavy (non-hydrogen) atoms. The molecule has 0 radical (unpaired) electrons. The van der Waals surface area contributed by atoms with Gasteiger partial charge >= 0.3 is 0 Å². The second kappa shape index (κ2) is 5.90. The van der Waals surface area contributed by atoms with Crippen molar-refractivity contribution in [3.05, 3.63) is 41.2 Å². The lowest BCUT2D eigenvalue weighted by Gasteiger charge is -2.24. The Morgan fingerprint density at radius 2 is 1.85 bits per heavy atom. The molecule has 1 aromatic rings. The Labute approximate surface area is 118 Å². The van der Waals surface area contributed by atoms with Gasteiger partial charge in [0.15, 0.2) is 11.6 Å². The molecule has 106 valence electrons. The first-order chi connectivity index (χ1) is 9.58. The van der Waals surface area contributed by atoms with Crippen molar-refractivity contribution in [1.29, 1.82) is 0 Å². The fourth-order valence-corrected chi connectivity index (χ4v) is 2.60. The second-order valence-corrected chi connectivity index (χ2v) is 4.87. The van der Waals surface area contributed by atoms with Gasteiger partial charge in [-0.05, 0) is 11.6 Å². The number of carbonyl (C=O) groups excluding carboxylic acids is 2. The van der Waals surface area contributed by atoms with E-state index in [0.717, 1.165) is 5.56 Å². The summed E-state index contributed by atoms with van der Waals surface area (Å²) in [6.07, 6.45) is 0.753. The smallest absolute Gasteiger partial charge is 0.170 e. The van der Waals surface area contributed by atoms with Gasteiger partial charge < -0.3 is 9.84 Å². The van der Waals surface area contributed by atoms with E-state index in [9.17, 15) is 14.7 Å². The van der Waals surface area contributed by atoms with Crippen molar-refractivity contribution in [1.82, 2.24) is 0 Å². The van der Waals surface area contributed by atoms with Crippen molar-refractivity contribution in [2.75, 3.05) is 7.11 Å². The fourth-order valence-electron chi connectivity index (χ4n) is 2.60. The molecule has 2 rings (SSSR count). The molecule has 0 amide bonds. The van der Waals surface area contributed by atoms with Crippen LogP contribution < -0.4 is 4.74 Å². The zero-order valence-electron chi connectivity index (χ0n) is 11.7. The molecule has 0 heterocycles. The number of hydrogen-bond acceptors (Lipinski definition) is 4. The molecule has 1 aliphatic carbocycles. The van der Waals surface area contributed by atoms with Crippen LogP contribution in [0.15, 0.2) is 35.6 Å². The van der Waals surface area contributed by atoms with Crippen molar-refractivity contribution >= 4 is 11.6 Å². The molecule has 4 heteroatoms. The van der Waals surface area contributed by atoms with Gasteiger partial charge in [0, 0.05) is 25.2 Å². The molecule has 0 aliphatic heterocycles. The van der Waals surface area contributed by atoms with Crippen LogP contribution >= 0.6 is 0 Å². The molecule has 0 saturated heterocycles. The van der Waals surface area contributed by atoms with Crippen LogP contribution in [0.1, 0.15) is 37.7 Å². The van der Waals surface area contributed by atoms with Gasteiger partial charge in [0.25, 0.3) is 0 Å². The topological polar surface area (TPSA) is 63.6 Å². The molecule has 4 nitrogen and oxygen atoms in total. The maximum atomic E-state index is 12.1. The van der Waals surface area contributed by atoms with E-state index in [2.05, 4.69) is 0 Å². The summed E-state index contributed by atoms with van der Waals surface area (Å²) in [6.45, 7) is 1.72. The molecule has 1 N–H and O–H groups in total. The van der Waals surface area contributed by atoms with Crippen molar-refractivity contribution in [2.24, 2.45) is 0 Å². The number of aliphatic hydroxyl groups is 1. The average Bonchev–Trinajstić information content (AvgIpc) is 2.46. The molecule has 0 spiro atoms. The number of hydrogen-bond donors (Lipinski definition) is 1. The largest absolute Gasteiger partial charge is 0.511 e. The SMILES string of the molecule is CCC(O)=C1C(=O)CC(c2ccccc2OC)CC1=O. The molecule has 0 aromatic heterocycles. The van der Waals surface area contributed by atoms with E-state index in [1.165, 1.54) is 0 Å². The summed E-state index contributed by atoms with van der Waals surface area (Å²) >= 11 is 0. The van der Waals surface area contributed by atoms with Crippen molar-refractivity contribution in [2.45, 2.75) is 32.1 Å². The third kappa shape index (κ3) is 2.59. The maximum absolute atomic E-state index is 12.1. The lowest BCUT2D eigenvalue weighted by Crippen LogP contribution is -2.26. The molecular weight excluding hydrogens is 256 g/mol. The number of allylic oxidation sites excluding steroid dienone is 2. The van der Waals surface area contributed by atoms with Gasteiger partial charge in [0.05, 0.1) is 12.7 Å². The van der Waals surface area contributed by atoms with Gasteiger partial charge in [-0.2, -0.15) is 0 Å². The Morgan fingerprint density at radius 1 is 1.25 bits per heavy atom. The summed E-state index contributed by atoms with van der Waals surface area (Å²) in [4.78, 5) is 24.2. The summed E-state index contributed by atoms with van der Waals surface area (Å²) in [5, 5.41) is 9.69. The van der Waals surface area contributed by atoms with Crippen molar-refractivity contribution < 1.29 is 19.4 Å². The third-order valence-electron chi connectivity index (χ3n) is 3.62. The summed E-state index contributed by atoms with van der Waals surface area (Å²) in [6, 6.07) is 7.41. The van der Waals surface area contributed by atoms with Gasteiger partial charge in [0.2, 0.25) is 0 Å². The van der Waals surface area contributed by atoms with Crippen molar-refractivity contribution in [3.63, 3.8) is 0 Å². The van der Waals surface area contributed by atoms with E-state index in [4.69, 9.17) is 4.74 Å². The summed E-state index contributed by atoms with van der Waals surface area (Å²) in [5.74, 6) is -0.156. The maximum Gasteiger partial charge on any atom is 0.170 e. The lowest BCUT2D eigenvalue weighted by molar-refractivity contribution is -0.124. The Balaban J connectivity index is 2.32. The Bertz CT molecular complexity index is 552. The van der Waals surface area contributed by atoms with Crippen LogP contribution in [0.2, 0.25) is 0 Å². The van der Waals surface area contributed by atoms with Crippen LogP contribution in [0.3, 0.4) is 0 Å². The van der Waals surface area contributed by atoms with Crippen molar-refractivity contribution in [3.8, 4) is 5.75 Å². The van der Waals surface area contributed by atoms with Gasteiger partial charge in [-0.15, -0.1) is 0 Å². The van der Waals surface area contributed by atoms with Crippen LogP contribution in [0, 0.1) is 0 Å². The Morgan fingerprint density at radius 3 is 2.40 bits per heavy atom. The molecule has 0 bridgehead atoms. The van der Waals surface area contributed by atoms with Gasteiger partial charge in [-0.3, -0.25) is 9.59 Å². The first kappa shape index (κ1) is 14.3. The number of rotatable bonds is 3. The Kier molecular flexibility index (Phi) is 4.23. The quantitative estimate of drug-likeness (QED) is 0.523. The monoisotopic (exact) mass is 274 g/mol. The lowest BCUT2D eigenvalue weighted by atomic mass is 9.79. The van der Waals surface area contributed by atoms with E-state index in [-0.39, 0.29) is 41.7 Å². The molecule has 1 fully saturated rings. The second-order valence-electron chi connectivity index (χ2n) is 4.87. The first-order valence-electron chi connectivity index (χ1n) is 6.69. The van der Waals surface area contributed by atoms with E-state index in [0.29, 0.717) is 12.2 Å². The third-order valence-corrected chi connectivity index (χ3v) is 3.62. The van der Waals surface area contributed by atoms with E-state index < -0.39 is 0 Å². The molecular formula is C16H18O4. The minimum atomic E-state index is -0.281. The highest BCUT2D eigenvalue weighted by atomic mass is 16.5. The standard InChI is InChI=1S/C16H18O4/c1-3-12(17)16-13(18)8-10(9-14(16)19)11-6-4-5-7-15(11)20-2/h4-7,10,17H,3,8-9H2,1-2H3. The predicted octanol–water partition coefficient (Wildman–Crippen LogP) is 2.93. The fraction of sp³-hybridized carbons (Fsp3) is 0.375. The summed E-state index contributed by atoms with van der Waals surface area (Å²) < 4.78 is 5.28. The van der Waals surface area contributed by atoms with Gasteiger partial charge in [-0.1, -0.05) is 25.1 Å². The van der Waals surface area contributed by atoms with E-state index in [1.54, 1.807) is 14.0 Å². The number of Topliss-reactive ketones (excluding diaryl/α,β-unsaturated/α-hetero) is 2. The van der Waals surface area contributed by atoms with Gasteiger partial charge in [0.1, 0.15) is 11.5 Å². The number of ether oxygens (including phenoxy) is 1. The van der Waals surface area contributed by atoms with Crippen LogP contribution in [-0.2, 0) is 9.59 Å². The zero-order chi connectivity index (χ0) is 14.7. The molecule has 1 aromatic carbocycles. The van der Waals surface area contributed by atoms with Gasteiger partial charge in [-0.25, -0.2) is 0 Å². The normalized spacial score (nSPS) is 19.1. The minimum absolute atomic E-state index is 0.0151. The van der Waals surface area contributed by atoms with Crippen LogP contribution in [0.25, 0.3) is 0 Å². The number of para-hydroxylation sites is 1. The number of aliphatic hydroxyl groups excluding tert-OH is 1. The number of benzene rings is 1. The number of methoxy groups -OCH3 is 1. The highest BCUT2D eigenvalue weighted by Gasteiger charge is 2.34. The summed E-state index contributed by atoms with van der Waals surface area (Å²) in [7, 11) is 1.57. The zero-order valence-corrected chi connectivity index (χ0v) is 11.7. The molecule has 0 unspecified atom stereocenters. The molecule has 0 atom stereocenters. The van der Waals surface area contributed by atoms with Crippen LogP contribution in [-0.4, -0.2) is 23.8 Å². The molecule has 1 aliphatic rings. The average molecular weight is 274 g/mol. The molecule has 1 saturated carbocycles. The number of ketones is 2. The highest BCUT2D eigenvalue weighted by Crippen LogP contribution is 2.36. The highest BCUT2D eigenvalue weighted by molar-refractivity contribution is 6.22. The minimum Gasteiger partial charge on any atom is -0.511 e. The number of carbonyl (C=O) groups is 2. The van der Waals surface area contributed by atoms with Crippen LogP contribution in [0.5, 0.6) is 5.75 Å². The van der Waals surface area contributed by atoms with E-state index in [1.807, 2.05) is 24.3 Å². The van der Waals surface area contributed by atoms with Crippen LogP contribution in [0.4, 0.5) is 0 Å². The first-order valence-corrected chi connectivity index (χ1v) is 6.69. The summed E-state index contributed by atoms with van der Waals surface area (Å²) in [5.41, 5.74) is 0.852. The predicted molar refractivity (Wildman–Crippen MR) is 74.9 cm³/mol. The Hall–Kier alpha value is -2.10. The van der Waals surface area contributed by atoms with E-state index >= 15 is 0 Å².